The first-order valence-corrected chi connectivity index (χ1v) is 8.46. The number of amides is 1. The van der Waals surface area contributed by atoms with Gasteiger partial charge in [0.2, 0.25) is 5.91 Å². The Hall–Kier alpha value is -1.39. The number of hydrogen-bond donors (Lipinski definition) is 1. The van der Waals surface area contributed by atoms with Gasteiger partial charge in [0.15, 0.2) is 0 Å². The minimum absolute atomic E-state index is 0.118. The zero-order chi connectivity index (χ0) is 15.5. The maximum atomic E-state index is 11.8. The van der Waals surface area contributed by atoms with Gasteiger partial charge in [-0.2, -0.15) is 0 Å². The molecule has 22 heavy (non-hydrogen) atoms. The third kappa shape index (κ3) is 3.50. The van der Waals surface area contributed by atoms with E-state index in [0.717, 1.165) is 45.7 Å². The lowest BCUT2D eigenvalue weighted by Gasteiger charge is -2.37. The summed E-state index contributed by atoms with van der Waals surface area (Å²) in [6, 6.07) is 9.13. The largest absolute Gasteiger partial charge is 0.355 e. The molecule has 0 radical (unpaired) electrons. The fourth-order valence-corrected chi connectivity index (χ4v) is 3.43. The van der Waals surface area contributed by atoms with Crippen molar-refractivity contribution in [3.8, 4) is 0 Å². The Morgan fingerprint density at radius 3 is 2.36 bits per heavy atom. The number of rotatable bonds is 4. The topological polar surface area (TPSA) is 35.6 Å². The smallest absolute Gasteiger partial charge is 0.237 e. The first-order chi connectivity index (χ1) is 10.6. The Kier molecular flexibility index (Phi) is 4.79. The van der Waals surface area contributed by atoms with Crippen LogP contribution in [0.25, 0.3) is 0 Å². The van der Waals surface area contributed by atoms with Gasteiger partial charge < -0.3 is 5.32 Å². The molecule has 0 saturated carbocycles. The van der Waals surface area contributed by atoms with Crippen LogP contribution in [0.15, 0.2) is 24.3 Å². The van der Waals surface area contributed by atoms with Crippen molar-refractivity contribution < 1.29 is 4.79 Å². The molecule has 0 aromatic heterocycles. The van der Waals surface area contributed by atoms with E-state index < -0.39 is 0 Å². The Morgan fingerprint density at radius 1 is 1.14 bits per heavy atom. The zero-order valence-electron chi connectivity index (χ0n) is 13.7. The Balaban J connectivity index is 1.50. The van der Waals surface area contributed by atoms with Gasteiger partial charge in [-0.05, 0) is 23.5 Å². The molecule has 1 aromatic rings. The molecule has 1 N–H and O–H groups in total. The molecule has 2 aliphatic heterocycles. The monoisotopic (exact) mass is 301 g/mol. The van der Waals surface area contributed by atoms with Crippen LogP contribution in [0.3, 0.4) is 0 Å². The summed E-state index contributed by atoms with van der Waals surface area (Å²) >= 11 is 0. The molecule has 3 rings (SSSR count). The molecule has 120 valence electrons. The van der Waals surface area contributed by atoms with Gasteiger partial charge in [0, 0.05) is 39.3 Å². The summed E-state index contributed by atoms with van der Waals surface area (Å²) in [6.07, 6.45) is 0.968. The maximum absolute atomic E-state index is 11.8. The molecular formula is C18H27N3O. The van der Waals surface area contributed by atoms with Crippen molar-refractivity contribution in [3.05, 3.63) is 35.4 Å². The van der Waals surface area contributed by atoms with E-state index in [0.29, 0.717) is 5.92 Å². The lowest BCUT2D eigenvalue weighted by Crippen LogP contribution is -2.51. The second-order valence-corrected chi connectivity index (χ2v) is 6.80. The summed E-state index contributed by atoms with van der Waals surface area (Å²) < 4.78 is 0. The molecule has 0 spiro atoms. The standard InChI is InChI=1S/C18H27N3O/c1-14(2)16-5-3-15(4-6-16)13-20-9-11-21(12-10-20)17-7-8-19-18(17)22/h3-6,14,17H,7-13H2,1-2H3,(H,19,22). The van der Waals surface area contributed by atoms with Crippen LogP contribution in [0.2, 0.25) is 0 Å². The molecule has 1 atom stereocenters. The van der Waals surface area contributed by atoms with Crippen molar-refractivity contribution in [3.63, 3.8) is 0 Å². The van der Waals surface area contributed by atoms with Gasteiger partial charge in [0.25, 0.3) is 0 Å². The lowest BCUT2D eigenvalue weighted by atomic mass is 10.0. The molecule has 2 fully saturated rings. The number of benzene rings is 1. The average molecular weight is 301 g/mol. The molecule has 2 heterocycles. The van der Waals surface area contributed by atoms with Crippen molar-refractivity contribution in [2.24, 2.45) is 0 Å². The van der Waals surface area contributed by atoms with Crippen LogP contribution in [-0.4, -0.2) is 54.5 Å². The predicted molar refractivity (Wildman–Crippen MR) is 88.8 cm³/mol. The van der Waals surface area contributed by atoms with E-state index in [9.17, 15) is 4.79 Å². The number of piperazine rings is 1. The number of carbonyl (C=O) groups excluding carboxylic acids is 1. The van der Waals surface area contributed by atoms with E-state index in [4.69, 9.17) is 0 Å². The third-order valence-corrected chi connectivity index (χ3v) is 4.92. The van der Waals surface area contributed by atoms with Crippen LogP contribution in [0.1, 0.15) is 37.3 Å². The van der Waals surface area contributed by atoms with Gasteiger partial charge in [-0.15, -0.1) is 0 Å². The molecule has 1 aromatic carbocycles. The number of hydrogen-bond acceptors (Lipinski definition) is 3. The molecule has 2 saturated heterocycles. The highest BCUT2D eigenvalue weighted by atomic mass is 16.2. The molecule has 2 aliphatic rings. The minimum atomic E-state index is 0.118. The van der Waals surface area contributed by atoms with Gasteiger partial charge >= 0.3 is 0 Å². The predicted octanol–water partition coefficient (Wildman–Crippen LogP) is 1.82. The molecule has 0 aliphatic carbocycles. The number of carbonyl (C=O) groups is 1. The summed E-state index contributed by atoms with van der Waals surface area (Å²) in [6.45, 7) is 10.4. The molecule has 1 unspecified atom stereocenters. The summed E-state index contributed by atoms with van der Waals surface area (Å²) in [4.78, 5) is 16.6. The van der Waals surface area contributed by atoms with E-state index in [1.54, 1.807) is 0 Å². The maximum Gasteiger partial charge on any atom is 0.237 e. The van der Waals surface area contributed by atoms with E-state index in [-0.39, 0.29) is 11.9 Å². The third-order valence-electron chi connectivity index (χ3n) is 4.92. The van der Waals surface area contributed by atoms with Gasteiger partial charge in [-0.3, -0.25) is 14.6 Å². The first kappa shape index (κ1) is 15.5. The molecule has 4 nitrogen and oxygen atoms in total. The molecule has 4 heteroatoms. The van der Waals surface area contributed by atoms with E-state index in [2.05, 4.69) is 53.2 Å². The Labute approximate surface area is 133 Å². The molecule has 0 bridgehead atoms. The normalized spacial score (nSPS) is 24.0. The summed E-state index contributed by atoms with van der Waals surface area (Å²) in [5.41, 5.74) is 2.79. The van der Waals surface area contributed by atoms with Crippen LogP contribution in [-0.2, 0) is 11.3 Å². The van der Waals surface area contributed by atoms with Crippen molar-refractivity contribution in [2.75, 3.05) is 32.7 Å². The highest BCUT2D eigenvalue weighted by molar-refractivity contribution is 5.83. The van der Waals surface area contributed by atoms with Crippen LogP contribution < -0.4 is 5.32 Å². The van der Waals surface area contributed by atoms with Gasteiger partial charge in [-0.1, -0.05) is 38.1 Å². The Morgan fingerprint density at radius 2 is 1.82 bits per heavy atom. The van der Waals surface area contributed by atoms with Crippen LogP contribution in [0, 0.1) is 0 Å². The second-order valence-electron chi connectivity index (χ2n) is 6.80. The zero-order valence-corrected chi connectivity index (χ0v) is 13.7. The van der Waals surface area contributed by atoms with Crippen LogP contribution in [0.4, 0.5) is 0 Å². The quantitative estimate of drug-likeness (QED) is 0.921. The summed E-state index contributed by atoms with van der Waals surface area (Å²) in [5.74, 6) is 0.813. The summed E-state index contributed by atoms with van der Waals surface area (Å²) in [5, 5.41) is 2.94. The first-order valence-electron chi connectivity index (χ1n) is 8.46. The van der Waals surface area contributed by atoms with Gasteiger partial charge in [0.1, 0.15) is 0 Å². The lowest BCUT2D eigenvalue weighted by molar-refractivity contribution is -0.124. The number of nitrogens with one attached hydrogen (secondary N) is 1. The second kappa shape index (κ2) is 6.80. The van der Waals surface area contributed by atoms with Crippen LogP contribution >= 0.6 is 0 Å². The van der Waals surface area contributed by atoms with E-state index >= 15 is 0 Å². The average Bonchev–Trinajstić information content (AvgIpc) is 2.95. The summed E-state index contributed by atoms with van der Waals surface area (Å²) in [7, 11) is 0. The van der Waals surface area contributed by atoms with E-state index in [1.165, 1.54) is 11.1 Å². The molecule has 1 amide bonds. The fraction of sp³-hybridized carbons (Fsp3) is 0.611. The Bertz CT molecular complexity index is 504. The van der Waals surface area contributed by atoms with Crippen molar-refractivity contribution >= 4 is 5.91 Å². The number of nitrogens with zero attached hydrogens (tertiary/aromatic N) is 2. The van der Waals surface area contributed by atoms with Crippen molar-refractivity contribution in [2.45, 2.75) is 38.8 Å². The fourth-order valence-electron chi connectivity index (χ4n) is 3.43. The van der Waals surface area contributed by atoms with Gasteiger partial charge in [-0.25, -0.2) is 0 Å². The van der Waals surface area contributed by atoms with Crippen molar-refractivity contribution in [1.29, 1.82) is 0 Å². The van der Waals surface area contributed by atoms with Crippen LogP contribution in [0.5, 0.6) is 0 Å². The minimum Gasteiger partial charge on any atom is -0.355 e. The van der Waals surface area contributed by atoms with E-state index in [1.807, 2.05) is 0 Å². The highest BCUT2D eigenvalue weighted by Gasteiger charge is 2.32. The van der Waals surface area contributed by atoms with Gasteiger partial charge in [0.05, 0.1) is 6.04 Å². The SMILES string of the molecule is CC(C)c1ccc(CN2CCN(C3CCNC3=O)CC2)cc1. The molecular weight excluding hydrogens is 274 g/mol. The highest BCUT2D eigenvalue weighted by Crippen LogP contribution is 2.17. The van der Waals surface area contributed by atoms with Crippen molar-refractivity contribution in [1.82, 2.24) is 15.1 Å².